The summed E-state index contributed by atoms with van der Waals surface area (Å²) in [6.45, 7) is 1.99. The molecule has 2 aromatic carbocycles. The Kier molecular flexibility index (Phi) is 7.40. The number of amides is 1. The molecular weight excluding hydrogens is 416 g/mol. The minimum Gasteiger partial charge on any atom is -0.493 e. The van der Waals surface area contributed by atoms with Crippen LogP contribution in [0.5, 0.6) is 11.5 Å². The molecule has 0 aliphatic rings. The Bertz CT molecular complexity index is 1090. The standard InChI is InChI=1S/C23H22N2O5S/c1-4-30-22(27)21-19(15-9-6-5-7-10-15)25-23(31-21)24-18(26)14-13-16-11-8-12-17(28-2)20(16)29-3/h5-14H,4H2,1-3H3,(H,24,25,26)/b14-13+. The van der Waals surface area contributed by atoms with E-state index in [1.807, 2.05) is 30.3 Å². The van der Waals surface area contributed by atoms with Gasteiger partial charge in [-0.1, -0.05) is 53.8 Å². The van der Waals surface area contributed by atoms with E-state index in [1.54, 1.807) is 38.3 Å². The first-order valence-corrected chi connectivity index (χ1v) is 10.3. The van der Waals surface area contributed by atoms with Gasteiger partial charge in [0.05, 0.1) is 26.5 Å². The van der Waals surface area contributed by atoms with Crippen LogP contribution < -0.4 is 14.8 Å². The van der Waals surface area contributed by atoms with Gasteiger partial charge in [-0.05, 0) is 19.1 Å². The predicted octanol–water partition coefficient (Wildman–Crippen LogP) is 4.66. The number of nitrogens with zero attached hydrogens (tertiary/aromatic N) is 1. The summed E-state index contributed by atoms with van der Waals surface area (Å²) in [5, 5.41) is 3.01. The highest BCUT2D eigenvalue weighted by atomic mass is 32.1. The van der Waals surface area contributed by atoms with Crippen LogP contribution in [0.2, 0.25) is 0 Å². The molecule has 0 saturated carbocycles. The van der Waals surface area contributed by atoms with Crippen molar-refractivity contribution in [2.75, 3.05) is 26.1 Å². The van der Waals surface area contributed by atoms with E-state index in [9.17, 15) is 9.59 Å². The fourth-order valence-corrected chi connectivity index (χ4v) is 3.74. The number of anilines is 1. The lowest BCUT2D eigenvalue weighted by Gasteiger charge is -2.09. The highest BCUT2D eigenvalue weighted by Crippen LogP contribution is 2.33. The molecule has 0 unspecified atom stereocenters. The van der Waals surface area contributed by atoms with Gasteiger partial charge in [0.1, 0.15) is 4.88 Å². The van der Waals surface area contributed by atoms with Crippen LogP contribution in [-0.4, -0.2) is 37.7 Å². The molecule has 1 amide bonds. The van der Waals surface area contributed by atoms with Gasteiger partial charge in [0, 0.05) is 17.2 Å². The fourth-order valence-electron chi connectivity index (χ4n) is 2.86. The van der Waals surface area contributed by atoms with Crippen LogP contribution >= 0.6 is 11.3 Å². The Labute approximate surface area is 184 Å². The third-order valence-electron chi connectivity index (χ3n) is 4.21. The van der Waals surface area contributed by atoms with Gasteiger partial charge < -0.3 is 14.2 Å². The van der Waals surface area contributed by atoms with E-state index >= 15 is 0 Å². The molecule has 8 heteroatoms. The molecule has 1 aromatic heterocycles. The van der Waals surface area contributed by atoms with Gasteiger partial charge in [-0.3, -0.25) is 10.1 Å². The fraction of sp³-hybridized carbons (Fsp3) is 0.174. The number of thiazole rings is 1. The van der Waals surface area contributed by atoms with E-state index in [-0.39, 0.29) is 6.61 Å². The van der Waals surface area contributed by atoms with Crippen molar-refractivity contribution in [3.8, 4) is 22.8 Å². The third kappa shape index (κ3) is 5.29. The monoisotopic (exact) mass is 438 g/mol. The van der Waals surface area contributed by atoms with Gasteiger partial charge in [-0.15, -0.1) is 0 Å². The number of ether oxygens (including phenoxy) is 3. The first-order chi connectivity index (χ1) is 15.1. The SMILES string of the molecule is CCOC(=O)c1sc(NC(=O)/C=C/c2cccc(OC)c2OC)nc1-c1ccccc1. The molecule has 3 rings (SSSR count). The van der Waals surface area contributed by atoms with Crippen molar-refractivity contribution in [3.63, 3.8) is 0 Å². The molecule has 0 spiro atoms. The summed E-state index contributed by atoms with van der Waals surface area (Å²) in [5.41, 5.74) is 1.92. The molecule has 31 heavy (non-hydrogen) atoms. The van der Waals surface area contributed by atoms with E-state index < -0.39 is 11.9 Å². The number of methoxy groups -OCH3 is 2. The average molecular weight is 439 g/mol. The van der Waals surface area contributed by atoms with Crippen molar-refractivity contribution in [3.05, 3.63) is 65.0 Å². The van der Waals surface area contributed by atoms with Crippen molar-refractivity contribution < 1.29 is 23.8 Å². The molecule has 1 N–H and O–H groups in total. The number of carbonyl (C=O) groups is 2. The summed E-state index contributed by atoms with van der Waals surface area (Å²) in [4.78, 5) is 29.6. The Hall–Kier alpha value is -3.65. The van der Waals surface area contributed by atoms with Crippen LogP contribution in [0.1, 0.15) is 22.2 Å². The second-order valence-electron chi connectivity index (χ2n) is 6.19. The number of hydrogen-bond donors (Lipinski definition) is 1. The molecule has 7 nitrogen and oxygen atoms in total. The average Bonchev–Trinajstić information content (AvgIpc) is 3.21. The molecule has 0 saturated heterocycles. The molecular formula is C23H22N2O5S. The third-order valence-corrected chi connectivity index (χ3v) is 5.16. The van der Waals surface area contributed by atoms with Crippen LogP contribution in [0.4, 0.5) is 5.13 Å². The smallest absolute Gasteiger partial charge is 0.350 e. The predicted molar refractivity (Wildman–Crippen MR) is 121 cm³/mol. The first kappa shape index (κ1) is 22.0. The maximum atomic E-state index is 12.5. The summed E-state index contributed by atoms with van der Waals surface area (Å²) in [6.07, 6.45) is 2.99. The van der Waals surface area contributed by atoms with E-state index in [2.05, 4.69) is 10.3 Å². The molecule has 0 atom stereocenters. The Morgan fingerprint density at radius 3 is 2.52 bits per heavy atom. The van der Waals surface area contributed by atoms with Crippen LogP contribution in [0.15, 0.2) is 54.6 Å². The second-order valence-corrected chi connectivity index (χ2v) is 7.19. The quantitative estimate of drug-likeness (QED) is 0.407. The van der Waals surface area contributed by atoms with Crippen molar-refractivity contribution in [2.24, 2.45) is 0 Å². The van der Waals surface area contributed by atoms with Crippen LogP contribution in [0.25, 0.3) is 17.3 Å². The summed E-state index contributed by atoms with van der Waals surface area (Å²) < 4.78 is 15.8. The summed E-state index contributed by atoms with van der Waals surface area (Å²) in [7, 11) is 3.08. The van der Waals surface area contributed by atoms with Gasteiger partial charge in [-0.25, -0.2) is 9.78 Å². The zero-order chi connectivity index (χ0) is 22.2. The van der Waals surface area contributed by atoms with Gasteiger partial charge in [0.15, 0.2) is 16.6 Å². The zero-order valence-electron chi connectivity index (χ0n) is 17.4. The van der Waals surface area contributed by atoms with Gasteiger partial charge >= 0.3 is 5.97 Å². The minimum atomic E-state index is -0.476. The Morgan fingerprint density at radius 1 is 1.06 bits per heavy atom. The number of hydrogen-bond acceptors (Lipinski definition) is 7. The molecule has 3 aromatic rings. The van der Waals surface area contributed by atoms with Gasteiger partial charge in [-0.2, -0.15) is 0 Å². The van der Waals surface area contributed by atoms with Crippen LogP contribution in [0, 0.1) is 0 Å². The summed E-state index contributed by atoms with van der Waals surface area (Å²) in [6, 6.07) is 14.7. The molecule has 0 aliphatic carbocycles. The minimum absolute atomic E-state index is 0.248. The lowest BCUT2D eigenvalue weighted by atomic mass is 10.1. The molecule has 1 heterocycles. The number of nitrogens with one attached hydrogen (secondary N) is 1. The van der Waals surface area contributed by atoms with Crippen molar-refractivity contribution >= 4 is 34.4 Å². The lowest BCUT2D eigenvalue weighted by Crippen LogP contribution is -2.07. The number of rotatable bonds is 8. The number of aromatic nitrogens is 1. The number of para-hydroxylation sites is 1. The molecule has 0 radical (unpaired) electrons. The summed E-state index contributed by atoms with van der Waals surface area (Å²) >= 11 is 1.07. The highest BCUT2D eigenvalue weighted by molar-refractivity contribution is 7.18. The molecule has 0 bridgehead atoms. The Balaban J connectivity index is 1.83. The highest BCUT2D eigenvalue weighted by Gasteiger charge is 2.21. The lowest BCUT2D eigenvalue weighted by molar-refractivity contribution is -0.111. The zero-order valence-corrected chi connectivity index (χ0v) is 18.2. The number of esters is 1. The molecule has 0 fully saturated rings. The molecule has 0 aliphatic heterocycles. The topological polar surface area (TPSA) is 86.8 Å². The van der Waals surface area contributed by atoms with Crippen molar-refractivity contribution in [1.82, 2.24) is 4.98 Å². The van der Waals surface area contributed by atoms with Crippen molar-refractivity contribution in [1.29, 1.82) is 0 Å². The van der Waals surface area contributed by atoms with Gasteiger partial charge in [0.25, 0.3) is 0 Å². The largest absolute Gasteiger partial charge is 0.493 e. The maximum absolute atomic E-state index is 12.5. The van der Waals surface area contributed by atoms with E-state index in [1.165, 1.54) is 13.2 Å². The van der Waals surface area contributed by atoms with Crippen LogP contribution in [0.3, 0.4) is 0 Å². The van der Waals surface area contributed by atoms with Crippen LogP contribution in [-0.2, 0) is 9.53 Å². The van der Waals surface area contributed by atoms with Crippen molar-refractivity contribution in [2.45, 2.75) is 6.92 Å². The van der Waals surface area contributed by atoms with E-state index in [0.29, 0.717) is 32.8 Å². The van der Waals surface area contributed by atoms with E-state index in [0.717, 1.165) is 16.9 Å². The van der Waals surface area contributed by atoms with E-state index in [4.69, 9.17) is 14.2 Å². The second kappa shape index (κ2) is 10.4. The number of benzene rings is 2. The molecule has 160 valence electrons. The number of carbonyl (C=O) groups excluding carboxylic acids is 2. The summed E-state index contributed by atoms with van der Waals surface area (Å²) in [5.74, 6) is 0.223. The van der Waals surface area contributed by atoms with Gasteiger partial charge in [0.2, 0.25) is 5.91 Å². The first-order valence-electron chi connectivity index (χ1n) is 9.50. The normalized spacial score (nSPS) is 10.7. The Morgan fingerprint density at radius 2 is 1.84 bits per heavy atom. The maximum Gasteiger partial charge on any atom is 0.350 e.